The first-order valence-electron chi connectivity index (χ1n) is 5.59. The molecule has 0 bridgehead atoms. The number of ether oxygens (including phenoxy) is 1. The van der Waals surface area contributed by atoms with Gasteiger partial charge in [0.15, 0.2) is 0 Å². The highest BCUT2D eigenvalue weighted by atomic mass is 19.3. The van der Waals surface area contributed by atoms with Crippen LogP contribution in [0.2, 0.25) is 0 Å². The van der Waals surface area contributed by atoms with E-state index in [1.165, 1.54) is 24.4 Å². The van der Waals surface area contributed by atoms with Gasteiger partial charge in [0.2, 0.25) is 5.78 Å². The Balaban J connectivity index is 2.27. The van der Waals surface area contributed by atoms with Gasteiger partial charge in [0.1, 0.15) is 11.4 Å². The third kappa shape index (κ3) is 3.13. The van der Waals surface area contributed by atoms with Gasteiger partial charge in [-0.1, -0.05) is 6.07 Å². The van der Waals surface area contributed by atoms with Gasteiger partial charge in [0.25, 0.3) is 0 Å². The second kappa shape index (κ2) is 5.56. The number of aromatic nitrogens is 1. The first-order chi connectivity index (χ1) is 9.08. The van der Waals surface area contributed by atoms with Crippen LogP contribution >= 0.6 is 0 Å². The summed E-state index contributed by atoms with van der Waals surface area (Å²) in [7, 11) is 0. The van der Waals surface area contributed by atoms with Gasteiger partial charge < -0.3 is 4.74 Å². The highest BCUT2D eigenvalue weighted by Crippen LogP contribution is 2.22. The van der Waals surface area contributed by atoms with Crippen LogP contribution < -0.4 is 4.74 Å². The fourth-order valence-corrected chi connectivity index (χ4v) is 1.66. The van der Waals surface area contributed by atoms with Crippen LogP contribution in [0.3, 0.4) is 0 Å². The molecule has 1 aromatic carbocycles. The molecule has 0 aliphatic heterocycles. The van der Waals surface area contributed by atoms with Crippen LogP contribution in [0, 0.1) is 6.92 Å². The summed E-state index contributed by atoms with van der Waals surface area (Å²) in [6, 6.07) is 9.33. The van der Waals surface area contributed by atoms with Gasteiger partial charge in [-0.2, -0.15) is 8.78 Å². The minimum absolute atomic E-state index is 0.0626. The molecule has 0 amide bonds. The van der Waals surface area contributed by atoms with Crippen molar-refractivity contribution >= 4 is 5.78 Å². The van der Waals surface area contributed by atoms with Crippen LogP contribution in [0.15, 0.2) is 42.6 Å². The van der Waals surface area contributed by atoms with E-state index >= 15 is 0 Å². The first-order valence-corrected chi connectivity index (χ1v) is 5.59. The Morgan fingerprint density at radius 1 is 1.26 bits per heavy atom. The van der Waals surface area contributed by atoms with Crippen molar-refractivity contribution in [3.8, 4) is 5.75 Å². The lowest BCUT2D eigenvalue weighted by atomic mass is 10.0. The normalized spacial score (nSPS) is 10.5. The number of nitrogens with zero attached hydrogens (tertiary/aromatic N) is 1. The lowest BCUT2D eigenvalue weighted by Crippen LogP contribution is -2.06. The first kappa shape index (κ1) is 13.1. The third-order valence-electron chi connectivity index (χ3n) is 2.55. The fraction of sp³-hybridized carbons (Fsp3) is 0.143. The standard InChI is InChI=1S/C14H11F2NO2/c1-9-8-10(5-6-12(9)19-14(15)16)13(18)11-4-2-3-7-17-11/h2-8,14H,1H3. The molecule has 0 saturated heterocycles. The molecule has 5 heteroatoms. The molecule has 2 rings (SSSR count). The maximum Gasteiger partial charge on any atom is 0.387 e. The molecule has 0 N–H and O–H groups in total. The molecular formula is C14H11F2NO2. The number of hydrogen-bond donors (Lipinski definition) is 0. The molecule has 0 aliphatic carbocycles. The van der Waals surface area contributed by atoms with E-state index < -0.39 is 6.61 Å². The van der Waals surface area contributed by atoms with Crippen molar-refractivity contribution in [2.45, 2.75) is 13.5 Å². The van der Waals surface area contributed by atoms with Gasteiger partial charge in [-0.15, -0.1) is 0 Å². The molecule has 0 unspecified atom stereocenters. The summed E-state index contributed by atoms with van der Waals surface area (Å²) in [6.07, 6.45) is 1.52. The van der Waals surface area contributed by atoms with Crippen LogP contribution in [0.5, 0.6) is 5.75 Å². The Hall–Kier alpha value is -2.30. The van der Waals surface area contributed by atoms with E-state index in [0.29, 0.717) is 16.8 Å². The van der Waals surface area contributed by atoms with Crippen LogP contribution in [-0.2, 0) is 0 Å². The van der Waals surface area contributed by atoms with Crippen molar-refractivity contribution in [1.29, 1.82) is 0 Å². The summed E-state index contributed by atoms with van der Waals surface area (Å²) >= 11 is 0. The molecule has 0 saturated carbocycles. The molecule has 2 aromatic rings. The zero-order valence-electron chi connectivity index (χ0n) is 10.1. The second-order valence-electron chi connectivity index (χ2n) is 3.90. The zero-order chi connectivity index (χ0) is 13.8. The number of alkyl halides is 2. The number of aryl methyl sites for hydroxylation is 1. The van der Waals surface area contributed by atoms with Crippen molar-refractivity contribution < 1.29 is 18.3 Å². The van der Waals surface area contributed by atoms with E-state index in [9.17, 15) is 13.6 Å². The molecule has 0 radical (unpaired) electrons. The number of carbonyl (C=O) groups excluding carboxylic acids is 1. The Kier molecular flexibility index (Phi) is 3.85. The molecule has 98 valence electrons. The Bertz CT molecular complexity index is 585. The van der Waals surface area contributed by atoms with Gasteiger partial charge >= 0.3 is 6.61 Å². The van der Waals surface area contributed by atoms with Crippen LogP contribution in [0.25, 0.3) is 0 Å². The molecule has 0 aliphatic rings. The van der Waals surface area contributed by atoms with E-state index in [1.54, 1.807) is 25.1 Å². The van der Waals surface area contributed by atoms with Gasteiger partial charge in [-0.25, -0.2) is 0 Å². The lowest BCUT2D eigenvalue weighted by Gasteiger charge is -2.09. The molecule has 19 heavy (non-hydrogen) atoms. The number of pyridine rings is 1. The van der Waals surface area contributed by atoms with E-state index in [2.05, 4.69) is 9.72 Å². The number of halogens is 2. The quantitative estimate of drug-likeness (QED) is 0.795. The highest BCUT2D eigenvalue weighted by molar-refractivity contribution is 6.07. The Morgan fingerprint density at radius 2 is 2.05 bits per heavy atom. The smallest absolute Gasteiger partial charge is 0.387 e. The van der Waals surface area contributed by atoms with Crippen molar-refractivity contribution in [1.82, 2.24) is 4.98 Å². The minimum Gasteiger partial charge on any atom is -0.435 e. The maximum absolute atomic E-state index is 12.1. The van der Waals surface area contributed by atoms with Crippen molar-refractivity contribution in [2.75, 3.05) is 0 Å². The van der Waals surface area contributed by atoms with E-state index in [-0.39, 0.29) is 11.5 Å². The minimum atomic E-state index is -2.88. The van der Waals surface area contributed by atoms with Gasteiger partial charge in [-0.05, 0) is 42.8 Å². The number of rotatable bonds is 4. The highest BCUT2D eigenvalue weighted by Gasteiger charge is 2.13. The second-order valence-corrected chi connectivity index (χ2v) is 3.90. The van der Waals surface area contributed by atoms with Crippen molar-refractivity contribution in [3.63, 3.8) is 0 Å². The monoisotopic (exact) mass is 263 g/mol. The predicted molar refractivity (Wildman–Crippen MR) is 65.5 cm³/mol. The Labute approximate surface area is 108 Å². The zero-order valence-corrected chi connectivity index (χ0v) is 10.1. The SMILES string of the molecule is Cc1cc(C(=O)c2ccccn2)ccc1OC(F)F. The fourth-order valence-electron chi connectivity index (χ4n) is 1.66. The average molecular weight is 263 g/mol. The molecular weight excluding hydrogens is 252 g/mol. The number of carbonyl (C=O) groups is 1. The largest absolute Gasteiger partial charge is 0.435 e. The van der Waals surface area contributed by atoms with Gasteiger partial charge in [-0.3, -0.25) is 9.78 Å². The van der Waals surface area contributed by atoms with Crippen molar-refractivity contribution in [2.24, 2.45) is 0 Å². The number of ketones is 1. The molecule has 0 spiro atoms. The van der Waals surface area contributed by atoms with Crippen molar-refractivity contribution in [3.05, 3.63) is 59.4 Å². The molecule has 0 atom stereocenters. The summed E-state index contributed by atoms with van der Waals surface area (Å²) in [5.41, 5.74) is 1.17. The molecule has 0 fully saturated rings. The number of benzene rings is 1. The summed E-state index contributed by atoms with van der Waals surface area (Å²) < 4.78 is 28.6. The van der Waals surface area contributed by atoms with E-state index in [1.807, 2.05) is 0 Å². The van der Waals surface area contributed by atoms with E-state index in [0.717, 1.165) is 0 Å². The molecule has 3 nitrogen and oxygen atoms in total. The molecule has 1 heterocycles. The maximum atomic E-state index is 12.1. The van der Waals surface area contributed by atoms with Gasteiger partial charge in [0, 0.05) is 11.8 Å². The third-order valence-corrected chi connectivity index (χ3v) is 2.55. The summed E-state index contributed by atoms with van der Waals surface area (Å²) in [5.74, 6) is -0.195. The van der Waals surface area contributed by atoms with Crippen LogP contribution in [0.1, 0.15) is 21.6 Å². The topological polar surface area (TPSA) is 39.2 Å². The van der Waals surface area contributed by atoms with Crippen LogP contribution in [0.4, 0.5) is 8.78 Å². The molecule has 1 aromatic heterocycles. The summed E-state index contributed by atoms with van der Waals surface area (Å²) in [4.78, 5) is 16.0. The predicted octanol–water partition coefficient (Wildman–Crippen LogP) is 3.22. The van der Waals surface area contributed by atoms with Gasteiger partial charge in [0.05, 0.1) is 0 Å². The number of hydrogen-bond acceptors (Lipinski definition) is 3. The summed E-state index contributed by atoms with van der Waals surface area (Å²) in [5, 5.41) is 0. The van der Waals surface area contributed by atoms with E-state index in [4.69, 9.17) is 0 Å². The Morgan fingerprint density at radius 3 is 2.63 bits per heavy atom. The van der Waals surface area contributed by atoms with Crippen LogP contribution in [-0.4, -0.2) is 17.4 Å². The summed E-state index contributed by atoms with van der Waals surface area (Å²) in [6.45, 7) is -1.27. The lowest BCUT2D eigenvalue weighted by molar-refractivity contribution is -0.0502. The average Bonchev–Trinajstić information content (AvgIpc) is 2.41.